The van der Waals surface area contributed by atoms with E-state index in [-0.39, 0.29) is 0 Å². The van der Waals surface area contributed by atoms with Gasteiger partial charge in [-0.3, -0.25) is 19.9 Å². The van der Waals surface area contributed by atoms with Gasteiger partial charge in [0.2, 0.25) is 0 Å². The topological polar surface area (TPSA) is 79.7 Å². The molecule has 0 atom stereocenters. The molecule has 6 rings (SSSR count). The Balaban J connectivity index is 1.36. The molecule has 6 heteroatoms. The van der Waals surface area contributed by atoms with Gasteiger partial charge in [0.15, 0.2) is 5.69 Å². The number of hydrogen-bond donors (Lipinski definition) is 0. The molecule has 4 aromatic heterocycles. The van der Waals surface area contributed by atoms with Crippen molar-refractivity contribution >= 4 is 16.5 Å². The number of pyridine rings is 4. The Bertz CT molecular complexity index is 1740. The molecule has 6 aromatic rings. The molecule has 0 spiro atoms. The molecule has 0 amide bonds. The van der Waals surface area contributed by atoms with Crippen LogP contribution in [0, 0.1) is 17.9 Å². The number of benzene rings is 2. The average molecular weight is 487 g/mol. The summed E-state index contributed by atoms with van der Waals surface area (Å²) < 4.78 is 0. The van der Waals surface area contributed by atoms with Crippen molar-refractivity contribution < 1.29 is 0 Å². The van der Waals surface area contributed by atoms with E-state index >= 15 is 0 Å². The quantitative estimate of drug-likeness (QED) is 0.241. The molecule has 0 bridgehead atoms. The van der Waals surface area contributed by atoms with Crippen LogP contribution in [0.4, 0.5) is 5.69 Å². The third kappa shape index (κ3) is 4.24. The molecule has 0 unspecified atom stereocenters. The first-order chi connectivity index (χ1) is 18.7. The number of nitriles is 1. The predicted molar refractivity (Wildman–Crippen MR) is 148 cm³/mol. The maximum Gasteiger partial charge on any atom is 0.190 e. The second-order valence-corrected chi connectivity index (χ2v) is 8.62. The molecule has 0 radical (unpaired) electrons. The Morgan fingerprint density at radius 1 is 0.605 bits per heavy atom. The van der Waals surface area contributed by atoms with Crippen LogP contribution >= 0.6 is 0 Å². The lowest BCUT2D eigenvalue weighted by Crippen LogP contribution is -1.91. The normalized spacial score (nSPS) is 10.6. The van der Waals surface area contributed by atoms with Crippen LogP contribution in [0.3, 0.4) is 0 Å². The Morgan fingerprint density at radius 2 is 1.18 bits per heavy atom. The van der Waals surface area contributed by atoms with E-state index in [4.69, 9.17) is 6.57 Å². The van der Waals surface area contributed by atoms with Gasteiger partial charge in [0, 0.05) is 35.9 Å². The number of rotatable bonds is 4. The van der Waals surface area contributed by atoms with Gasteiger partial charge in [-0.2, -0.15) is 5.26 Å². The van der Waals surface area contributed by atoms with Gasteiger partial charge in [-0.25, -0.2) is 4.85 Å². The van der Waals surface area contributed by atoms with E-state index in [1.165, 1.54) is 0 Å². The van der Waals surface area contributed by atoms with E-state index in [1.54, 1.807) is 36.7 Å². The van der Waals surface area contributed by atoms with E-state index < -0.39 is 0 Å². The molecule has 0 saturated carbocycles. The smallest absolute Gasteiger partial charge is 0.190 e. The van der Waals surface area contributed by atoms with Crippen LogP contribution in [0.5, 0.6) is 0 Å². The fourth-order valence-electron chi connectivity index (χ4n) is 4.48. The molecule has 6 nitrogen and oxygen atoms in total. The zero-order valence-corrected chi connectivity index (χ0v) is 20.1. The molecule has 0 aliphatic rings. The number of aromatic nitrogens is 4. The highest BCUT2D eigenvalue weighted by Gasteiger charge is 2.12. The highest BCUT2D eigenvalue weighted by atomic mass is 14.8. The molecule has 0 fully saturated rings. The number of fused-ring (bicyclic) bond motifs is 1. The summed E-state index contributed by atoms with van der Waals surface area (Å²) in [6, 6.07) is 29.4. The van der Waals surface area contributed by atoms with Gasteiger partial charge in [-0.05, 0) is 58.3 Å². The Hall–Kier alpha value is -5.72. The Kier molecular flexibility index (Phi) is 5.82. The van der Waals surface area contributed by atoms with Gasteiger partial charge >= 0.3 is 0 Å². The highest BCUT2D eigenvalue weighted by molar-refractivity contribution is 6.04. The highest BCUT2D eigenvalue weighted by Crippen LogP contribution is 2.36. The largest absolute Gasteiger partial charge is 0.257 e. The minimum absolute atomic E-state index is 0.539. The lowest BCUT2D eigenvalue weighted by Gasteiger charge is -2.12. The summed E-state index contributed by atoms with van der Waals surface area (Å²) >= 11 is 0. The maximum absolute atomic E-state index is 9.18. The molecular formula is C32H18N6. The van der Waals surface area contributed by atoms with Gasteiger partial charge in [0.05, 0.1) is 41.0 Å². The number of nitrogens with zero attached hydrogens (tertiary/aromatic N) is 6. The molecule has 0 N–H and O–H groups in total. The van der Waals surface area contributed by atoms with Crippen molar-refractivity contribution in [2.75, 3.05) is 0 Å². The summed E-state index contributed by atoms with van der Waals surface area (Å²) in [6.45, 7) is 7.23. The van der Waals surface area contributed by atoms with Gasteiger partial charge in [0.1, 0.15) is 0 Å². The summed E-state index contributed by atoms with van der Waals surface area (Å²) in [4.78, 5) is 21.5. The Labute approximate surface area is 219 Å². The lowest BCUT2D eigenvalue weighted by atomic mass is 9.93. The lowest BCUT2D eigenvalue weighted by molar-refractivity contribution is 1.24. The second-order valence-electron chi connectivity index (χ2n) is 8.62. The molecule has 176 valence electrons. The summed E-state index contributed by atoms with van der Waals surface area (Å²) in [5.41, 5.74) is 8.02. The van der Waals surface area contributed by atoms with E-state index in [0.29, 0.717) is 22.6 Å². The van der Waals surface area contributed by atoms with Crippen molar-refractivity contribution in [3.8, 4) is 51.1 Å². The molecule has 0 aliphatic heterocycles. The summed E-state index contributed by atoms with van der Waals surface area (Å²) in [5.74, 6) is 0. The molecular weight excluding hydrogens is 468 g/mol. The van der Waals surface area contributed by atoms with E-state index in [0.717, 1.165) is 44.4 Å². The first-order valence-electron chi connectivity index (χ1n) is 11.9. The third-order valence-corrected chi connectivity index (χ3v) is 6.36. The predicted octanol–water partition coefficient (Wildman–Crippen LogP) is 7.51. The molecule has 4 heterocycles. The summed E-state index contributed by atoms with van der Waals surface area (Å²) in [7, 11) is 0. The van der Waals surface area contributed by atoms with Crippen LogP contribution in [0.15, 0.2) is 110 Å². The van der Waals surface area contributed by atoms with Gasteiger partial charge < -0.3 is 0 Å². The molecule has 0 saturated heterocycles. The van der Waals surface area contributed by atoms with Crippen LogP contribution in [-0.4, -0.2) is 19.9 Å². The van der Waals surface area contributed by atoms with E-state index in [2.05, 4.69) is 55.1 Å². The van der Waals surface area contributed by atoms with Crippen LogP contribution in [0.1, 0.15) is 5.56 Å². The van der Waals surface area contributed by atoms with Gasteiger partial charge in [0.25, 0.3) is 0 Å². The standard InChI is InChI=1S/C32H18N6/c1-34-24-13-15-36-32(17-24)30-11-7-23(20-38-30)26-9-8-25(27-4-2-3-5-28(26)27)22-6-10-29(37-19-22)31-16-21(18-33)12-14-35-31/h2-17,19-20H. The first-order valence-corrected chi connectivity index (χ1v) is 11.9. The van der Waals surface area contributed by atoms with Gasteiger partial charge in [-0.1, -0.05) is 48.5 Å². The summed E-state index contributed by atoms with van der Waals surface area (Å²) in [5, 5.41) is 11.4. The first kappa shape index (κ1) is 22.7. The van der Waals surface area contributed by atoms with Crippen LogP contribution in [0.2, 0.25) is 0 Å². The minimum Gasteiger partial charge on any atom is -0.257 e. The monoisotopic (exact) mass is 486 g/mol. The van der Waals surface area contributed by atoms with Crippen molar-refractivity contribution in [3.05, 3.63) is 127 Å². The van der Waals surface area contributed by atoms with Crippen molar-refractivity contribution in [2.24, 2.45) is 0 Å². The fourth-order valence-corrected chi connectivity index (χ4v) is 4.48. The zero-order chi connectivity index (χ0) is 25.9. The average Bonchev–Trinajstić information content (AvgIpc) is 3.01. The SMILES string of the molecule is [C-]#[N+]c1ccnc(-c2ccc(-c3ccc(-c4ccc(-c5cc(C#N)ccn5)nc4)c4ccccc34)cn2)c1. The molecule has 0 aliphatic carbocycles. The van der Waals surface area contributed by atoms with E-state index in [9.17, 15) is 5.26 Å². The minimum atomic E-state index is 0.539. The van der Waals surface area contributed by atoms with Crippen LogP contribution < -0.4 is 0 Å². The summed E-state index contributed by atoms with van der Waals surface area (Å²) in [6.07, 6.45) is 6.95. The zero-order valence-electron chi connectivity index (χ0n) is 20.1. The fraction of sp³-hybridized carbons (Fsp3) is 0. The molecule has 38 heavy (non-hydrogen) atoms. The van der Waals surface area contributed by atoms with Crippen molar-refractivity contribution in [1.29, 1.82) is 5.26 Å². The van der Waals surface area contributed by atoms with Crippen LogP contribution in [-0.2, 0) is 0 Å². The van der Waals surface area contributed by atoms with Crippen molar-refractivity contribution in [3.63, 3.8) is 0 Å². The number of hydrogen-bond acceptors (Lipinski definition) is 5. The second kappa shape index (κ2) is 9.73. The maximum atomic E-state index is 9.18. The van der Waals surface area contributed by atoms with Crippen molar-refractivity contribution in [1.82, 2.24) is 19.9 Å². The third-order valence-electron chi connectivity index (χ3n) is 6.36. The van der Waals surface area contributed by atoms with Crippen molar-refractivity contribution in [2.45, 2.75) is 0 Å². The van der Waals surface area contributed by atoms with Crippen LogP contribution in [0.25, 0.3) is 60.6 Å². The van der Waals surface area contributed by atoms with E-state index in [1.807, 2.05) is 48.8 Å². The molecule has 2 aromatic carbocycles. The Morgan fingerprint density at radius 3 is 1.71 bits per heavy atom. The van der Waals surface area contributed by atoms with Gasteiger partial charge in [-0.15, -0.1) is 0 Å².